The Hall–Kier alpha value is -5.34. The molecule has 11 rings (SSSR count). The molecule has 0 radical (unpaired) electrons. The molecule has 3 N–H and O–H groups in total. The fraction of sp³-hybridized carbons (Fsp3) is 0.0667. The van der Waals surface area contributed by atoms with Gasteiger partial charge in [0.1, 0.15) is 11.2 Å². The standard InChI is InChI=1S/C45H31N3OS2/c1-2-10-26(11-3-1)43-46-44(48-45(47-43)35-17-9-16-34-31-13-5-7-19-38(31)51-42(34)35)28-20-22-32-36-24-27(21-23-39(36)50-40(32)25-28)29-14-8-15-33-30-12-4-6-18-37(30)49-41(29)33/h1-25,43-48H. The van der Waals surface area contributed by atoms with E-state index >= 15 is 0 Å². The SMILES string of the molecule is c1ccc(C2NC(c3ccc4c(c3)sc3ccc(-c5cccc6c5oc5ccccc56)cc34)NC(c3cccc4c3sc3ccccc34)N2)cc1. The van der Waals surface area contributed by atoms with Gasteiger partial charge >= 0.3 is 0 Å². The molecule has 3 aromatic heterocycles. The molecule has 7 aromatic carbocycles. The van der Waals surface area contributed by atoms with Crippen molar-refractivity contribution in [3.8, 4) is 11.1 Å². The Morgan fingerprint density at radius 3 is 2.06 bits per heavy atom. The molecule has 0 amide bonds. The normalized spacial score (nSPS) is 18.2. The van der Waals surface area contributed by atoms with Crippen LogP contribution in [-0.2, 0) is 0 Å². The number of nitrogens with one attached hydrogen (secondary N) is 3. The van der Waals surface area contributed by atoms with E-state index in [0.29, 0.717) is 0 Å². The average molecular weight is 694 g/mol. The van der Waals surface area contributed by atoms with Crippen LogP contribution in [0.4, 0.5) is 0 Å². The smallest absolute Gasteiger partial charge is 0.143 e. The number of para-hydroxylation sites is 2. The maximum absolute atomic E-state index is 6.41. The number of hydrogen-bond donors (Lipinski definition) is 3. The monoisotopic (exact) mass is 693 g/mol. The second-order valence-electron chi connectivity index (χ2n) is 13.4. The molecule has 1 saturated heterocycles. The van der Waals surface area contributed by atoms with Gasteiger partial charge < -0.3 is 4.42 Å². The first-order valence-electron chi connectivity index (χ1n) is 17.4. The minimum Gasteiger partial charge on any atom is -0.455 e. The van der Waals surface area contributed by atoms with E-state index < -0.39 is 0 Å². The molecular formula is C45H31N3OS2. The summed E-state index contributed by atoms with van der Waals surface area (Å²) in [5, 5.41) is 19.2. The molecule has 3 atom stereocenters. The quantitative estimate of drug-likeness (QED) is 0.172. The van der Waals surface area contributed by atoms with Crippen molar-refractivity contribution in [1.29, 1.82) is 0 Å². The Morgan fingerprint density at radius 1 is 0.431 bits per heavy atom. The van der Waals surface area contributed by atoms with Crippen LogP contribution in [0.25, 0.3) is 73.4 Å². The summed E-state index contributed by atoms with van der Waals surface area (Å²) >= 11 is 3.73. The summed E-state index contributed by atoms with van der Waals surface area (Å²) in [6.45, 7) is 0. The molecule has 244 valence electrons. The number of benzene rings is 7. The summed E-state index contributed by atoms with van der Waals surface area (Å²) in [5.74, 6) is 0. The van der Waals surface area contributed by atoms with Crippen LogP contribution in [0.3, 0.4) is 0 Å². The zero-order chi connectivity index (χ0) is 33.5. The molecule has 1 aliphatic heterocycles. The van der Waals surface area contributed by atoms with E-state index in [9.17, 15) is 0 Å². The van der Waals surface area contributed by atoms with Crippen molar-refractivity contribution >= 4 is 85.0 Å². The van der Waals surface area contributed by atoms with E-state index in [1.807, 2.05) is 34.8 Å². The summed E-state index contributed by atoms with van der Waals surface area (Å²) in [6, 6.07) is 54.7. The van der Waals surface area contributed by atoms with Gasteiger partial charge in [-0.2, -0.15) is 0 Å². The van der Waals surface area contributed by atoms with Crippen molar-refractivity contribution in [2.24, 2.45) is 0 Å². The van der Waals surface area contributed by atoms with E-state index in [4.69, 9.17) is 4.42 Å². The molecular weight excluding hydrogens is 663 g/mol. The third-order valence-corrected chi connectivity index (χ3v) is 12.8. The van der Waals surface area contributed by atoms with Crippen LogP contribution in [0, 0.1) is 0 Å². The Morgan fingerprint density at radius 2 is 1.14 bits per heavy atom. The van der Waals surface area contributed by atoms with Gasteiger partial charge in [-0.25, -0.2) is 0 Å². The van der Waals surface area contributed by atoms with Crippen LogP contribution < -0.4 is 16.0 Å². The van der Waals surface area contributed by atoms with Gasteiger partial charge in [0.25, 0.3) is 0 Å². The molecule has 0 aliphatic carbocycles. The lowest BCUT2D eigenvalue weighted by molar-refractivity contribution is 0.204. The lowest BCUT2D eigenvalue weighted by atomic mass is 9.99. The minimum absolute atomic E-state index is 0.0336. The number of hydrogen-bond acceptors (Lipinski definition) is 6. The van der Waals surface area contributed by atoms with E-state index in [1.54, 1.807) is 0 Å². The zero-order valence-corrected chi connectivity index (χ0v) is 29.0. The molecule has 0 spiro atoms. The zero-order valence-electron chi connectivity index (χ0n) is 27.4. The Balaban J connectivity index is 0.993. The summed E-state index contributed by atoms with van der Waals surface area (Å²) < 4.78 is 11.6. The van der Waals surface area contributed by atoms with Crippen LogP contribution in [0.5, 0.6) is 0 Å². The first-order chi connectivity index (χ1) is 25.2. The van der Waals surface area contributed by atoms with E-state index in [1.165, 1.54) is 62.6 Å². The fourth-order valence-corrected chi connectivity index (χ4v) is 10.3. The van der Waals surface area contributed by atoms with Gasteiger partial charge in [0.05, 0.1) is 18.5 Å². The highest BCUT2D eigenvalue weighted by Gasteiger charge is 2.31. The second-order valence-corrected chi connectivity index (χ2v) is 15.5. The number of fused-ring (bicyclic) bond motifs is 9. The second kappa shape index (κ2) is 11.6. The Labute approximate surface area is 302 Å². The predicted molar refractivity (Wildman–Crippen MR) is 215 cm³/mol. The van der Waals surface area contributed by atoms with Crippen LogP contribution in [-0.4, -0.2) is 0 Å². The lowest BCUT2D eigenvalue weighted by Gasteiger charge is -2.39. The van der Waals surface area contributed by atoms with E-state index in [-0.39, 0.29) is 18.5 Å². The van der Waals surface area contributed by atoms with E-state index in [2.05, 4.69) is 155 Å². The van der Waals surface area contributed by atoms with Gasteiger partial charge in [-0.05, 0) is 47.0 Å². The molecule has 51 heavy (non-hydrogen) atoms. The summed E-state index contributed by atoms with van der Waals surface area (Å²) in [7, 11) is 0. The maximum atomic E-state index is 6.41. The number of thiophene rings is 2. The fourth-order valence-electron chi connectivity index (χ4n) is 7.97. The molecule has 1 aliphatic rings. The predicted octanol–water partition coefficient (Wildman–Crippen LogP) is 12.2. The van der Waals surface area contributed by atoms with Crippen molar-refractivity contribution < 1.29 is 4.42 Å². The highest BCUT2D eigenvalue weighted by Crippen LogP contribution is 2.42. The van der Waals surface area contributed by atoms with Crippen molar-refractivity contribution in [1.82, 2.24) is 16.0 Å². The van der Waals surface area contributed by atoms with Gasteiger partial charge in [0.2, 0.25) is 0 Å². The maximum Gasteiger partial charge on any atom is 0.143 e. The lowest BCUT2D eigenvalue weighted by Crippen LogP contribution is -2.54. The first-order valence-corrected chi connectivity index (χ1v) is 19.0. The molecule has 10 aromatic rings. The Kier molecular flexibility index (Phi) is 6.69. The van der Waals surface area contributed by atoms with Crippen LogP contribution in [0.2, 0.25) is 0 Å². The van der Waals surface area contributed by atoms with Crippen LogP contribution in [0.15, 0.2) is 156 Å². The van der Waals surface area contributed by atoms with Crippen molar-refractivity contribution in [3.05, 3.63) is 168 Å². The van der Waals surface area contributed by atoms with Gasteiger partial charge in [-0.3, -0.25) is 16.0 Å². The van der Waals surface area contributed by atoms with Gasteiger partial charge in [-0.1, -0.05) is 121 Å². The van der Waals surface area contributed by atoms with Gasteiger partial charge in [-0.15, -0.1) is 22.7 Å². The average Bonchev–Trinajstić information content (AvgIpc) is 3.88. The number of rotatable bonds is 4. The topological polar surface area (TPSA) is 49.2 Å². The van der Waals surface area contributed by atoms with Gasteiger partial charge in [0.15, 0.2) is 0 Å². The minimum atomic E-state index is -0.0676. The van der Waals surface area contributed by atoms with Crippen LogP contribution >= 0.6 is 22.7 Å². The molecule has 4 heterocycles. The highest BCUT2D eigenvalue weighted by atomic mass is 32.1. The molecule has 0 bridgehead atoms. The summed E-state index contributed by atoms with van der Waals surface area (Å²) in [4.78, 5) is 0. The highest BCUT2D eigenvalue weighted by molar-refractivity contribution is 7.26. The molecule has 3 unspecified atom stereocenters. The van der Waals surface area contributed by atoms with E-state index in [0.717, 1.165) is 27.5 Å². The molecule has 4 nitrogen and oxygen atoms in total. The third-order valence-electron chi connectivity index (χ3n) is 10.4. The van der Waals surface area contributed by atoms with Crippen molar-refractivity contribution in [2.45, 2.75) is 18.5 Å². The summed E-state index contributed by atoms with van der Waals surface area (Å²) in [6.07, 6.45) is -0.157. The Bertz CT molecular complexity index is 2940. The largest absolute Gasteiger partial charge is 0.455 e. The first kappa shape index (κ1) is 29.4. The third kappa shape index (κ3) is 4.76. The molecule has 6 heteroatoms. The summed E-state index contributed by atoms with van der Waals surface area (Å²) in [5.41, 5.74) is 7.86. The van der Waals surface area contributed by atoms with Gasteiger partial charge in [0, 0.05) is 62.2 Å². The van der Waals surface area contributed by atoms with Crippen LogP contribution in [0.1, 0.15) is 35.2 Å². The van der Waals surface area contributed by atoms with Crippen molar-refractivity contribution in [3.63, 3.8) is 0 Å². The van der Waals surface area contributed by atoms with Crippen molar-refractivity contribution in [2.75, 3.05) is 0 Å². The molecule has 1 fully saturated rings. The number of furan rings is 1. The molecule has 0 saturated carbocycles.